The molecule has 34 heavy (non-hydrogen) atoms. The smallest absolute Gasteiger partial charge is 0.349 e. The molecule has 1 heterocycles. The second-order valence-electron chi connectivity index (χ2n) is 7.15. The zero-order chi connectivity index (χ0) is 24.3. The van der Waals surface area contributed by atoms with Gasteiger partial charge in [-0.1, -0.05) is 18.2 Å². The molecule has 0 aliphatic heterocycles. The number of carbonyl (C=O) groups is 2. The summed E-state index contributed by atoms with van der Waals surface area (Å²) in [5.74, 6) is 0.506. The average molecular weight is 460 g/mol. The topological polar surface area (TPSA) is 111 Å². The molecule has 174 valence electrons. The molecule has 0 unspecified atom stereocenters. The second-order valence-corrected chi connectivity index (χ2v) is 7.15. The van der Waals surface area contributed by atoms with Gasteiger partial charge in [-0.3, -0.25) is 4.79 Å². The lowest BCUT2D eigenvalue weighted by atomic mass is 10.1. The SMILES string of the molecule is CCOc1cc(/C=C(\C#N)C(=O)NCc2ccco2)ccc1OC(=O)COc1cccc(C)c1. The van der Waals surface area contributed by atoms with Gasteiger partial charge in [-0.15, -0.1) is 0 Å². The molecule has 3 rings (SSSR count). The minimum atomic E-state index is -0.597. The summed E-state index contributed by atoms with van der Waals surface area (Å²) >= 11 is 0. The summed E-state index contributed by atoms with van der Waals surface area (Å²) in [7, 11) is 0. The van der Waals surface area contributed by atoms with Crippen LogP contribution in [0.3, 0.4) is 0 Å². The Morgan fingerprint density at radius 1 is 1.09 bits per heavy atom. The van der Waals surface area contributed by atoms with Crippen molar-refractivity contribution in [3.05, 3.63) is 83.3 Å². The van der Waals surface area contributed by atoms with Crippen molar-refractivity contribution in [1.82, 2.24) is 5.32 Å². The number of amides is 1. The standard InChI is InChI=1S/C26H24N2O6/c1-3-31-24-14-19(13-20(15-27)26(30)28-16-22-8-5-11-32-22)9-10-23(24)34-25(29)17-33-21-7-4-6-18(2)12-21/h4-14H,3,16-17H2,1-2H3,(H,28,30)/b20-13+. The van der Waals surface area contributed by atoms with Crippen LogP contribution in [0.15, 0.2) is 70.9 Å². The van der Waals surface area contributed by atoms with E-state index in [1.807, 2.05) is 31.2 Å². The monoisotopic (exact) mass is 460 g/mol. The van der Waals surface area contributed by atoms with E-state index in [9.17, 15) is 14.9 Å². The van der Waals surface area contributed by atoms with Gasteiger partial charge >= 0.3 is 5.97 Å². The fourth-order valence-electron chi connectivity index (χ4n) is 2.96. The molecule has 1 aromatic heterocycles. The molecule has 0 saturated carbocycles. The molecule has 2 aromatic carbocycles. The number of ether oxygens (including phenoxy) is 3. The molecule has 0 atom stereocenters. The van der Waals surface area contributed by atoms with Crippen LogP contribution in [0, 0.1) is 18.3 Å². The number of nitriles is 1. The van der Waals surface area contributed by atoms with Crippen molar-refractivity contribution in [2.24, 2.45) is 0 Å². The van der Waals surface area contributed by atoms with E-state index in [2.05, 4.69) is 5.32 Å². The highest BCUT2D eigenvalue weighted by molar-refractivity contribution is 6.01. The van der Waals surface area contributed by atoms with Gasteiger partial charge in [-0.25, -0.2) is 4.79 Å². The van der Waals surface area contributed by atoms with E-state index in [1.54, 1.807) is 37.3 Å². The number of carbonyl (C=O) groups excluding carboxylic acids is 2. The Bertz CT molecular complexity index is 1210. The molecule has 0 aliphatic carbocycles. The van der Waals surface area contributed by atoms with E-state index in [4.69, 9.17) is 18.6 Å². The Labute approximate surface area is 197 Å². The maximum atomic E-state index is 12.3. The van der Waals surface area contributed by atoms with Gasteiger partial charge in [0.05, 0.1) is 19.4 Å². The normalized spacial score (nSPS) is 10.8. The molecule has 0 spiro atoms. The molecule has 8 heteroatoms. The van der Waals surface area contributed by atoms with Crippen LogP contribution in [-0.2, 0) is 16.1 Å². The first kappa shape index (κ1) is 24.1. The summed E-state index contributed by atoms with van der Waals surface area (Å²) in [6.45, 7) is 3.93. The lowest BCUT2D eigenvalue weighted by Gasteiger charge is -2.12. The number of esters is 1. The largest absolute Gasteiger partial charge is 0.490 e. The Morgan fingerprint density at radius 2 is 1.94 bits per heavy atom. The minimum absolute atomic E-state index is 0.0923. The lowest BCUT2D eigenvalue weighted by molar-refractivity contribution is -0.136. The first-order chi connectivity index (χ1) is 16.5. The maximum Gasteiger partial charge on any atom is 0.349 e. The summed E-state index contributed by atoms with van der Waals surface area (Å²) in [4.78, 5) is 24.6. The molecular weight excluding hydrogens is 436 g/mol. The Hall–Kier alpha value is -4.51. The van der Waals surface area contributed by atoms with Gasteiger partial charge in [0, 0.05) is 0 Å². The van der Waals surface area contributed by atoms with Crippen LogP contribution in [0.5, 0.6) is 17.2 Å². The van der Waals surface area contributed by atoms with Crippen LogP contribution in [0.25, 0.3) is 6.08 Å². The third-order valence-electron chi connectivity index (χ3n) is 4.52. The first-order valence-electron chi connectivity index (χ1n) is 10.6. The van der Waals surface area contributed by atoms with E-state index < -0.39 is 11.9 Å². The van der Waals surface area contributed by atoms with Gasteiger partial charge in [-0.2, -0.15) is 5.26 Å². The van der Waals surface area contributed by atoms with Crippen LogP contribution < -0.4 is 19.5 Å². The van der Waals surface area contributed by atoms with Crippen LogP contribution in [-0.4, -0.2) is 25.1 Å². The van der Waals surface area contributed by atoms with Crippen LogP contribution in [0.1, 0.15) is 23.8 Å². The number of nitrogens with zero attached hydrogens (tertiary/aromatic N) is 1. The first-order valence-corrected chi connectivity index (χ1v) is 10.6. The second kappa shape index (κ2) is 11.9. The van der Waals surface area contributed by atoms with Gasteiger partial charge in [0.15, 0.2) is 18.1 Å². The maximum absolute atomic E-state index is 12.3. The van der Waals surface area contributed by atoms with E-state index in [0.717, 1.165) is 5.56 Å². The highest BCUT2D eigenvalue weighted by atomic mass is 16.6. The van der Waals surface area contributed by atoms with Crippen LogP contribution in [0.4, 0.5) is 0 Å². The Balaban J connectivity index is 1.67. The molecule has 0 fully saturated rings. The summed E-state index contributed by atoms with van der Waals surface area (Å²) in [6, 6.07) is 17.4. The van der Waals surface area contributed by atoms with Gasteiger partial charge in [0.1, 0.15) is 23.2 Å². The van der Waals surface area contributed by atoms with Crippen molar-refractivity contribution in [1.29, 1.82) is 5.26 Å². The number of hydrogen-bond acceptors (Lipinski definition) is 7. The van der Waals surface area contributed by atoms with E-state index in [0.29, 0.717) is 29.4 Å². The summed E-state index contributed by atoms with van der Waals surface area (Å²) in [5, 5.41) is 12.0. The molecule has 0 radical (unpaired) electrons. The fraction of sp³-hybridized carbons (Fsp3) is 0.192. The average Bonchev–Trinajstić information content (AvgIpc) is 3.35. The molecule has 0 bridgehead atoms. The zero-order valence-corrected chi connectivity index (χ0v) is 18.9. The Morgan fingerprint density at radius 3 is 2.65 bits per heavy atom. The van der Waals surface area contributed by atoms with Crippen LogP contribution >= 0.6 is 0 Å². The molecule has 0 aliphatic rings. The summed E-state index contributed by atoms with van der Waals surface area (Å²) in [5.41, 5.74) is 1.45. The minimum Gasteiger partial charge on any atom is -0.490 e. The molecule has 1 N–H and O–H groups in total. The lowest BCUT2D eigenvalue weighted by Crippen LogP contribution is -2.23. The van der Waals surface area contributed by atoms with E-state index in [1.165, 1.54) is 18.4 Å². The van der Waals surface area contributed by atoms with Crippen LogP contribution in [0.2, 0.25) is 0 Å². The number of nitrogens with one attached hydrogen (secondary N) is 1. The molecule has 3 aromatic rings. The third-order valence-corrected chi connectivity index (χ3v) is 4.52. The van der Waals surface area contributed by atoms with Crippen molar-refractivity contribution >= 4 is 18.0 Å². The third kappa shape index (κ3) is 7.00. The molecule has 8 nitrogen and oxygen atoms in total. The molecule has 0 saturated heterocycles. The quantitative estimate of drug-likeness (QED) is 0.209. The summed E-state index contributed by atoms with van der Waals surface area (Å²) in [6.07, 6.45) is 2.92. The highest BCUT2D eigenvalue weighted by Gasteiger charge is 2.14. The van der Waals surface area contributed by atoms with Gasteiger partial charge in [-0.05, 0) is 67.4 Å². The van der Waals surface area contributed by atoms with Crippen molar-refractivity contribution in [3.8, 4) is 23.3 Å². The van der Waals surface area contributed by atoms with Crippen molar-refractivity contribution in [2.45, 2.75) is 20.4 Å². The van der Waals surface area contributed by atoms with Gasteiger partial charge in [0.2, 0.25) is 0 Å². The van der Waals surface area contributed by atoms with Gasteiger partial charge in [0.25, 0.3) is 5.91 Å². The number of furan rings is 1. The number of rotatable bonds is 10. The van der Waals surface area contributed by atoms with E-state index in [-0.39, 0.29) is 24.5 Å². The molecule has 1 amide bonds. The number of benzene rings is 2. The Kier molecular flexibility index (Phi) is 8.47. The fourth-order valence-corrected chi connectivity index (χ4v) is 2.96. The summed E-state index contributed by atoms with van der Waals surface area (Å²) < 4.78 is 21.6. The highest BCUT2D eigenvalue weighted by Crippen LogP contribution is 2.29. The van der Waals surface area contributed by atoms with Gasteiger partial charge < -0.3 is 23.9 Å². The predicted octanol–water partition coefficient (Wildman–Crippen LogP) is 4.19. The van der Waals surface area contributed by atoms with Crippen molar-refractivity contribution in [3.63, 3.8) is 0 Å². The number of aryl methyl sites for hydroxylation is 1. The zero-order valence-electron chi connectivity index (χ0n) is 18.9. The van der Waals surface area contributed by atoms with Crippen molar-refractivity contribution < 1.29 is 28.2 Å². The van der Waals surface area contributed by atoms with Crippen molar-refractivity contribution in [2.75, 3.05) is 13.2 Å². The molecular formula is C26H24N2O6. The van der Waals surface area contributed by atoms with E-state index >= 15 is 0 Å². The predicted molar refractivity (Wildman–Crippen MR) is 124 cm³/mol. The number of hydrogen-bond donors (Lipinski definition) is 1.